The number of rotatable bonds is 12. The minimum Gasteiger partial charge on any atom is -0.396 e. The Hall–Kier alpha value is -0.120. The summed E-state index contributed by atoms with van der Waals surface area (Å²) >= 11 is 0. The summed E-state index contributed by atoms with van der Waals surface area (Å²) in [6, 6.07) is 0. The number of unbranched alkanes of at least 4 members (excludes halogenated alkanes) is 3. The van der Waals surface area contributed by atoms with Gasteiger partial charge in [-0.05, 0) is 38.8 Å². The van der Waals surface area contributed by atoms with E-state index in [4.69, 9.17) is 9.84 Å². The minimum atomic E-state index is 0.336. The Kier molecular flexibility index (Phi) is 13.8. The highest BCUT2D eigenvalue weighted by atomic mass is 16.5. The molecule has 0 bridgehead atoms. The Balaban J connectivity index is 2.81. The zero-order valence-electron chi connectivity index (χ0n) is 10.1. The number of ether oxygens (including phenoxy) is 1. The van der Waals surface area contributed by atoms with E-state index in [1.807, 2.05) is 0 Å². The SMILES string of the molecule is CCCOCCCNCCCCCCO. The third-order valence-corrected chi connectivity index (χ3v) is 2.25. The van der Waals surface area contributed by atoms with Gasteiger partial charge in [-0.15, -0.1) is 0 Å². The number of aliphatic hydroxyl groups excluding tert-OH is 1. The van der Waals surface area contributed by atoms with E-state index in [9.17, 15) is 0 Å². The highest BCUT2D eigenvalue weighted by Crippen LogP contribution is 1.97. The Morgan fingerprint density at radius 2 is 1.67 bits per heavy atom. The maximum absolute atomic E-state index is 8.58. The molecule has 0 saturated carbocycles. The highest BCUT2D eigenvalue weighted by molar-refractivity contribution is 4.49. The fourth-order valence-corrected chi connectivity index (χ4v) is 1.39. The predicted molar refractivity (Wildman–Crippen MR) is 64.2 cm³/mol. The van der Waals surface area contributed by atoms with E-state index in [1.54, 1.807) is 0 Å². The van der Waals surface area contributed by atoms with E-state index < -0.39 is 0 Å². The number of hydrogen-bond acceptors (Lipinski definition) is 3. The summed E-state index contributed by atoms with van der Waals surface area (Å²) in [4.78, 5) is 0. The van der Waals surface area contributed by atoms with Crippen molar-refractivity contribution in [3.05, 3.63) is 0 Å². The molecule has 0 aromatic carbocycles. The molecule has 92 valence electrons. The van der Waals surface area contributed by atoms with Crippen molar-refractivity contribution >= 4 is 0 Å². The molecule has 0 unspecified atom stereocenters. The average molecular weight is 217 g/mol. The Bertz CT molecular complexity index is 97.8. The highest BCUT2D eigenvalue weighted by Gasteiger charge is 1.90. The summed E-state index contributed by atoms with van der Waals surface area (Å²) in [5.41, 5.74) is 0. The molecule has 15 heavy (non-hydrogen) atoms. The molecule has 0 rings (SSSR count). The smallest absolute Gasteiger partial charge is 0.0478 e. The molecule has 0 aliphatic heterocycles. The molecule has 0 aliphatic carbocycles. The van der Waals surface area contributed by atoms with Crippen LogP contribution in [0, 0.1) is 0 Å². The fraction of sp³-hybridized carbons (Fsp3) is 1.00. The quantitative estimate of drug-likeness (QED) is 0.491. The van der Waals surface area contributed by atoms with Crippen LogP contribution in [-0.4, -0.2) is 38.0 Å². The van der Waals surface area contributed by atoms with Gasteiger partial charge in [0.05, 0.1) is 0 Å². The van der Waals surface area contributed by atoms with Crippen molar-refractivity contribution < 1.29 is 9.84 Å². The largest absolute Gasteiger partial charge is 0.396 e. The molecule has 0 atom stereocenters. The molecule has 0 spiro atoms. The lowest BCUT2D eigenvalue weighted by atomic mass is 10.2. The van der Waals surface area contributed by atoms with Crippen molar-refractivity contribution in [3.8, 4) is 0 Å². The second-order valence-corrected chi connectivity index (χ2v) is 3.85. The summed E-state index contributed by atoms with van der Waals surface area (Å²) in [5.74, 6) is 0. The third-order valence-electron chi connectivity index (χ3n) is 2.25. The van der Waals surface area contributed by atoms with Crippen molar-refractivity contribution in [2.45, 2.75) is 45.4 Å². The van der Waals surface area contributed by atoms with Crippen LogP contribution in [0.25, 0.3) is 0 Å². The zero-order valence-corrected chi connectivity index (χ0v) is 10.1. The fourth-order valence-electron chi connectivity index (χ4n) is 1.39. The van der Waals surface area contributed by atoms with Gasteiger partial charge in [-0.1, -0.05) is 19.8 Å². The number of aliphatic hydroxyl groups is 1. The molecule has 0 saturated heterocycles. The first-order valence-corrected chi connectivity index (χ1v) is 6.31. The van der Waals surface area contributed by atoms with Gasteiger partial charge in [-0.25, -0.2) is 0 Å². The lowest BCUT2D eigenvalue weighted by Crippen LogP contribution is -2.18. The molecule has 0 radical (unpaired) electrons. The molecule has 0 amide bonds. The summed E-state index contributed by atoms with van der Waals surface area (Å²) in [7, 11) is 0. The molecular weight excluding hydrogens is 190 g/mol. The first kappa shape index (κ1) is 14.9. The molecule has 0 heterocycles. The van der Waals surface area contributed by atoms with Gasteiger partial charge in [-0.3, -0.25) is 0 Å². The van der Waals surface area contributed by atoms with Crippen molar-refractivity contribution in [1.29, 1.82) is 0 Å². The molecular formula is C12H27NO2. The maximum Gasteiger partial charge on any atom is 0.0478 e. The third kappa shape index (κ3) is 13.9. The molecule has 2 N–H and O–H groups in total. The summed E-state index contributed by atoms with van der Waals surface area (Å²) in [6.07, 6.45) is 6.76. The minimum absolute atomic E-state index is 0.336. The van der Waals surface area contributed by atoms with Crippen molar-refractivity contribution in [3.63, 3.8) is 0 Å². The van der Waals surface area contributed by atoms with Gasteiger partial charge >= 0.3 is 0 Å². The summed E-state index contributed by atoms with van der Waals surface area (Å²) in [6.45, 7) is 6.39. The molecule has 0 fully saturated rings. The molecule has 0 aromatic rings. The molecule has 3 heteroatoms. The van der Waals surface area contributed by atoms with Crippen LogP contribution in [0.3, 0.4) is 0 Å². The average Bonchev–Trinajstić information content (AvgIpc) is 2.26. The summed E-state index contributed by atoms with van der Waals surface area (Å²) < 4.78 is 5.37. The van der Waals surface area contributed by atoms with Crippen LogP contribution in [0.15, 0.2) is 0 Å². The molecule has 0 aromatic heterocycles. The van der Waals surface area contributed by atoms with Crippen LogP contribution in [0.5, 0.6) is 0 Å². The first-order chi connectivity index (χ1) is 7.41. The number of hydrogen-bond donors (Lipinski definition) is 2. The molecule has 3 nitrogen and oxygen atoms in total. The standard InChI is InChI=1S/C12H27NO2/c1-2-11-15-12-7-9-13-8-5-3-4-6-10-14/h13-14H,2-12H2,1H3. The van der Waals surface area contributed by atoms with Gasteiger partial charge in [0.1, 0.15) is 0 Å². The van der Waals surface area contributed by atoms with E-state index in [2.05, 4.69) is 12.2 Å². The van der Waals surface area contributed by atoms with Gasteiger partial charge in [0.15, 0.2) is 0 Å². The molecule has 0 aliphatic rings. The monoisotopic (exact) mass is 217 g/mol. The van der Waals surface area contributed by atoms with E-state index in [1.165, 1.54) is 12.8 Å². The van der Waals surface area contributed by atoms with Crippen LogP contribution in [0.1, 0.15) is 45.4 Å². The van der Waals surface area contributed by atoms with Gasteiger partial charge < -0.3 is 15.2 Å². The second-order valence-electron chi connectivity index (χ2n) is 3.85. The van der Waals surface area contributed by atoms with Gasteiger partial charge in [0, 0.05) is 19.8 Å². The van der Waals surface area contributed by atoms with Gasteiger partial charge in [0.2, 0.25) is 0 Å². The van der Waals surface area contributed by atoms with Gasteiger partial charge in [0.25, 0.3) is 0 Å². The van der Waals surface area contributed by atoms with Crippen molar-refractivity contribution in [2.75, 3.05) is 32.9 Å². The van der Waals surface area contributed by atoms with Crippen LogP contribution >= 0.6 is 0 Å². The number of nitrogens with one attached hydrogen (secondary N) is 1. The second kappa shape index (κ2) is 13.9. The zero-order chi connectivity index (χ0) is 11.2. The predicted octanol–water partition coefficient (Wildman–Crippen LogP) is 1.95. The lowest BCUT2D eigenvalue weighted by Gasteiger charge is -2.05. The van der Waals surface area contributed by atoms with E-state index >= 15 is 0 Å². The summed E-state index contributed by atoms with van der Waals surface area (Å²) in [5, 5.41) is 12.0. The Labute approximate surface area is 94.2 Å². The van der Waals surface area contributed by atoms with Crippen LogP contribution in [0.4, 0.5) is 0 Å². The van der Waals surface area contributed by atoms with E-state index in [0.717, 1.165) is 52.0 Å². The van der Waals surface area contributed by atoms with Crippen LogP contribution in [-0.2, 0) is 4.74 Å². The van der Waals surface area contributed by atoms with Gasteiger partial charge in [-0.2, -0.15) is 0 Å². The lowest BCUT2D eigenvalue weighted by molar-refractivity contribution is 0.132. The van der Waals surface area contributed by atoms with E-state index in [0.29, 0.717) is 6.61 Å². The van der Waals surface area contributed by atoms with E-state index in [-0.39, 0.29) is 0 Å². The topological polar surface area (TPSA) is 41.5 Å². The Morgan fingerprint density at radius 3 is 2.40 bits per heavy atom. The Morgan fingerprint density at radius 1 is 0.933 bits per heavy atom. The van der Waals surface area contributed by atoms with Crippen LogP contribution < -0.4 is 5.32 Å². The van der Waals surface area contributed by atoms with Crippen molar-refractivity contribution in [2.24, 2.45) is 0 Å². The van der Waals surface area contributed by atoms with Crippen molar-refractivity contribution in [1.82, 2.24) is 5.32 Å². The maximum atomic E-state index is 8.58. The first-order valence-electron chi connectivity index (χ1n) is 6.31. The normalized spacial score (nSPS) is 10.8. The van der Waals surface area contributed by atoms with Crippen LogP contribution in [0.2, 0.25) is 0 Å².